The summed E-state index contributed by atoms with van der Waals surface area (Å²) in [6.07, 6.45) is 4.80. The molecule has 1 unspecified atom stereocenters. The zero-order valence-corrected chi connectivity index (χ0v) is 15.5. The number of carbonyl (C=O) groups is 1. The molecule has 1 atom stereocenters. The maximum absolute atomic E-state index is 12.5. The van der Waals surface area contributed by atoms with Crippen molar-refractivity contribution in [3.63, 3.8) is 0 Å². The number of hydrogen-bond donors (Lipinski definition) is 1. The highest BCUT2D eigenvalue weighted by Gasteiger charge is 2.27. The van der Waals surface area contributed by atoms with Crippen LogP contribution in [-0.4, -0.2) is 49.3 Å². The van der Waals surface area contributed by atoms with Crippen LogP contribution in [0, 0.1) is 0 Å². The summed E-state index contributed by atoms with van der Waals surface area (Å²) in [5, 5.41) is 0. The number of rotatable bonds is 5. The number of halogens is 1. The maximum Gasteiger partial charge on any atom is 0.224 e. The molecule has 0 aromatic heterocycles. The van der Waals surface area contributed by atoms with Crippen LogP contribution in [0.15, 0.2) is 30.3 Å². The van der Waals surface area contributed by atoms with Gasteiger partial charge in [-0.15, -0.1) is 12.4 Å². The van der Waals surface area contributed by atoms with Gasteiger partial charge in [-0.3, -0.25) is 4.79 Å². The summed E-state index contributed by atoms with van der Waals surface area (Å²) < 4.78 is 11.5. The van der Waals surface area contributed by atoms with Crippen LogP contribution >= 0.6 is 12.4 Å². The van der Waals surface area contributed by atoms with Crippen molar-refractivity contribution in [3.8, 4) is 0 Å². The Morgan fingerprint density at radius 1 is 1.12 bits per heavy atom. The molecule has 25 heavy (non-hydrogen) atoms. The Balaban J connectivity index is 0.00000225. The van der Waals surface area contributed by atoms with Gasteiger partial charge in [0.05, 0.1) is 12.2 Å². The van der Waals surface area contributed by atoms with Crippen molar-refractivity contribution in [2.24, 2.45) is 5.73 Å². The molecule has 2 fully saturated rings. The monoisotopic (exact) mass is 368 g/mol. The molecule has 1 aromatic carbocycles. The smallest absolute Gasteiger partial charge is 0.224 e. The van der Waals surface area contributed by atoms with E-state index in [2.05, 4.69) is 0 Å². The molecule has 2 aliphatic rings. The van der Waals surface area contributed by atoms with E-state index in [4.69, 9.17) is 15.2 Å². The van der Waals surface area contributed by atoms with Crippen LogP contribution in [0.3, 0.4) is 0 Å². The second-order valence-corrected chi connectivity index (χ2v) is 6.75. The first-order valence-electron chi connectivity index (χ1n) is 9.04. The van der Waals surface area contributed by atoms with Gasteiger partial charge < -0.3 is 20.1 Å². The van der Waals surface area contributed by atoms with Crippen molar-refractivity contribution in [2.75, 3.05) is 26.3 Å². The van der Waals surface area contributed by atoms with Gasteiger partial charge in [0.1, 0.15) is 0 Å². The topological polar surface area (TPSA) is 64.8 Å². The molecule has 0 radical (unpaired) electrons. The average Bonchev–Trinajstić information content (AvgIpc) is 2.64. The number of ether oxygens (including phenoxy) is 2. The summed E-state index contributed by atoms with van der Waals surface area (Å²) in [7, 11) is 0. The van der Waals surface area contributed by atoms with Gasteiger partial charge in [0, 0.05) is 38.8 Å². The highest BCUT2D eigenvalue weighted by molar-refractivity contribution is 5.85. The Morgan fingerprint density at radius 2 is 1.72 bits per heavy atom. The molecule has 2 heterocycles. The van der Waals surface area contributed by atoms with E-state index in [-0.39, 0.29) is 30.5 Å². The lowest BCUT2D eigenvalue weighted by molar-refractivity contribution is -0.136. The van der Waals surface area contributed by atoms with E-state index < -0.39 is 0 Å². The average molecular weight is 369 g/mol. The van der Waals surface area contributed by atoms with E-state index >= 15 is 0 Å². The standard InChI is InChI=1S/C19H28N2O3.ClH/c20-18(15-4-2-1-3-5-15)14-19(22)21-10-6-16(7-11-21)24-17-8-12-23-13-9-17;/h1-5,16-18H,6-14,20H2;1H. The molecule has 5 nitrogen and oxygen atoms in total. The Labute approximate surface area is 156 Å². The third-order valence-corrected chi connectivity index (χ3v) is 4.97. The lowest BCUT2D eigenvalue weighted by Crippen LogP contribution is -2.43. The molecular weight excluding hydrogens is 340 g/mol. The molecule has 2 aliphatic heterocycles. The molecule has 2 N–H and O–H groups in total. The van der Waals surface area contributed by atoms with Gasteiger partial charge in [-0.25, -0.2) is 0 Å². The van der Waals surface area contributed by atoms with Gasteiger partial charge in [-0.1, -0.05) is 30.3 Å². The Hall–Kier alpha value is -1.14. The van der Waals surface area contributed by atoms with E-state index in [1.54, 1.807) is 0 Å². The summed E-state index contributed by atoms with van der Waals surface area (Å²) in [6.45, 7) is 3.15. The molecule has 0 aliphatic carbocycles. The summed E-state index contributed by atoms with van der Waals surface area (Å²) >= 11 is 0. The van der Waals surface area contributed by atoms with E-state index in [9.17, 15) is 4.79 Å². The molecule has 1 amide bonds. The number of benzene rings is 1. The van der Waals surface area contributed by atoms with Crippen molar-refractivity contribution in [2.45, 2.75) is 50.4 Å². The molecule has 1 aromatic rings. The molecule has 3 rings (SSSR count). The van der Waals surface area contributed by atoms with Gasteiger partial charge in [0.15, 0.2) is 0 Å². The van der Waals surface area contributed by atoms with Crippen molar-refractivity contribution in [1.29, 1.82) is 0 Å². The van der Waals surface area contributed by atoms with Crippen LogP contribution in [0.25, 0.3) is 0 Å². The molecule has 0 spiro atoms. The minimum Gasteiger partial charge on any atom is -0.381 e. The van der Waals surface area contributed by atoms with Gasteiger partial charge >= 0.3 is 0 Å². The van der Waals surface area contributed by atoms with Crippen molar-refractivity contribution >= 4 is 18.3 Å². The number of nitrogens with two attached hydrogens (primary N) is 1. The van der Waals surface area contributed by atoms with Crippen LogP contribution < -0.4 is 5.73 Å². The summed E-state index contributed by atoms with van der Waals surface area (Å²) in [5.74, 6) is 0.149. The zero-order chi connectivity index (χ0) is 16.8. The highest BCUT2D eigenvalue weighted by atomic mass is 35.5. The fourth-order valence-electron chi connectivity index (χ4n) is 3.46. The van der Waals surface area contributed by atoms with E-state index in [0.717, 1.165) is 57.6 Å². The highest BCUT2D eigenvalue weighted by Crippen LogP contribution is 2.22. The van der Waals surface area contributed by atoms with Crippen LogP contribution in [0.2, 0.25) is 0 Å². The van der Waals surface area contributed by atoms with Crippen molar-refractivity contribution in [3.05, 3.63) is 35.9 Å². The SMILES string of the molecule is Cl.NC(CC(=O)N1CCC(OC2CCOCC2)CC1)c1ccccc1. The first kappa shape index (κ1) is 20.2. The van der Waals surface area contributed by atoms with Gasteiger partial charge in [-0.2, -0.15) is 0 Å². The molecule has 140 valence electrons. The molecule has 2 saturated heterocycles. The number of likely N-dealkylation sites (tertiary alicyclic amines) is 1. The Bertz CT molecular complexity index is 515. The minimum absolute atomic E-state index is 0. The van der Waals surface area contributed by atoms with Gasteiger partial charge in [0.25, 0.3) is 0 Å². The van der Waals surface area contributed by atoms with Gasteiger partial charge in [0.2, 0.25) is 5.91 Å². The molecule has 0 bridgehead atoms. The zero-order valence-electron chi connectivity index (χ0n) is 14.6. The third kappa shape index (κ3) is 5.96. The Morgan fingerprint density at radius 3 is 2.36 bits per heavy atom. The number of carbonyl (C=O) groups excluding carboxylic acids is 1. The molecule has 6 heteroatoms. The van der Waals surface area contributed by atoms with Crippen molar-refractivity contribution < 1.29 is 14.3 Å². The summed E-state index contributed by atoms with van der Waals surface area (Å²) in [6, 6.07) is 9.60. The van der Waals surface area contributed by atoms with E-state index in [1.165, 1.54) is 0 Å². The summed E-state index contributed by atoms with van der Waals surface area (Å²) in [5.41, 5.74) is 7.19. The quantitative estimate of drug-likeness (QED) is 0.867. The minimum atomic E-state index is -0.227. The second kappa shape index (κ2) is 10.1. The fourth-order valence-corrected chi connectivity index (χ4v) is 3.46. The predicted molar refractivity (Wildman–Crippen MR) is 99.8 cm³/mol. The third-order valence-electron chi connectivity index (χ3n) is 4.97. The first-order valence-corrected chi connectivity index (χ1v) is 9.04. The van der Waals surface area contributed by atoms with E-state index in [1.807, 2.05) is 35.2 Å². The normalized spacial score (nSPS) is 20.8. The maximum atomic E-state index is 12.5. The van der Waals surface area contributed by atoms with E-state index in [0.29, 0.717) is 12.5 Å². The number of hydrogen-bond acceptors (Lipinski definition) is 4. The lowest BCUT2D eigenvalue weighted by Gasteiger charge is -2.35. The number of amides is 1. The summed E-state index contributed by atoms with van der Waals surface area (Å²) in [4.78, 5) is 14.4. The lowest BCUT2D eigenvalue weighted by atomic mass is 10.0. The first-order chi connectivity index (χ1) is 11.7. The fraction of sp³-hybridized carbons (Fsp3) is 0.632. The van der Waals surface area contributed by atoms with Crippen LogP contribution in [0.5, 0.6) is 0 Å². The van der Waals surface area contributed by atoms with Crippen molar-refractivity contribution in [1.82, 2.24) is 4.90 Å². The molecular formula is C19H29ClN2O3. The second-order valence-electron chi connectivity index (χ2n) is 6.75. The van der Waals surface area contributed by atoms with Crippen LogP contribution in [0.1, 0.15) is 43.7 Å². The van der Waals surface area contributed by atoms with Crippen LogP contribution in [-0.2, 0) is 14.3 Å². The largest absolute Gasteiger partial charge is 0.381 e. The Kier molecular flexibility index (Phi) is 8.16. The van der Waals surface area contributed by atoms with Crippen LogP contribution in [0.4, 0.5) is 0 Å². The predicted octanol–water partition coefficient (Wildman–Crippen LogP) is 2.68. The number of nitrogens with zero attached hydrogens (tertiary/aromatic N) is 1. The molecule has 0 saturated carbocycles. The van der Waals surface area contributed by atoms with Gasteiger partial charge in [-0.05, 0) is 31.2 Å². The number of piperidine rings is 1.